The van der Waals surface area contributed by atoms with Gasteiger partial charge in [0.25, 0.3) is 0 Å². The van der Waals surface area contributed by atoms with Crippen LogP contribution in [-0.4, -0.2) is 6.04 Å². The highest BCUT2D eigenvalue weighted by Crippen LogP contribution is 2.22. The van der Waals surface area contributed by atoms with E-state index >= 15 is 0 Å². The number of halogens is 1. The van der Waals surface area contributed by atoms with Gasteiger partial charge in [-0.05, 0) is 43.7 Å². The van der Waals surface area contributed by atoms with E-state index in [9.17, 15) is 0 Å². The fourth-order valence-electron chi connectivity index (χ4n) is 1.98. The van der Waals surface area contributed by atoms with Gasteiger partial charge in [-0.2, -0.15) is 0 Å². The zero-order valence-electron chi connectivity index (χ0n) is 10.8. The molecule has 0 radical (unpaired) electrons. The minimum atomic E-state index is 0.450. The van der Waals surface area contributed by atoms with Crippen molar-refractivity contribution in [3.63, 3.8) is 0 Å². The van der Waals surface area contributed by atoms with Crippen LogP contribution in [0.2, 0.25) is 5.02 Å². The van der Waals surface area contributed by atoms with Crippen molar-refractivity contribution in [2.24, 2.45) is 0 Å². The number of hydrogen-bond acceptors (Lipinski definition) is 1. The number of nitrogens with zero attached hydrogens (tertiary/aromatic N) is 1. The van der Waals surface area contributed by atoms with Gasteiger partial charge in [0.2, 0.25) is 0 Å². The Bertz CT molecular complexity index is 476. The summed E-state index contributed by atoms with van der Waals surface area (Å²) in [6.07, 6.45) is 0. The quantitative estimate of drug-likeness (QED) is 0.766. The standard InChI is InChI=1S/C16H18ClN/c1-13(2)18(12-14-6-4-3-5-7-14)16-10-8-15(17)9-11-16/h3-11,13H,12H2,1-2H3. The molecule has 0 aliphatic heterocycles. The maximum absolute atomic E-state index is 5.94. The van der Waals surface area contributed by atoms with Crippen molar-refractivity contribution in [2.45, 2.75) is 26.4 Å². The van der Waals surface area contributed by atoms with Crippen LogP contribution in [0, 0.1) is 0 Å². The third-order valence-corrected chi connectivity index (χ3v) is 3.23. The molecule has 0 amide bonds. The Kier molecular flexibility index (Phi) is 4.27. The Morgan fingerprint density at radius 3 is 2.11 bits per heavy atom. The van der Waals surface area contributed by atoms with Crippen molar-refractivity contribution in [2.75, 3.05) is 4.90 Å². The van der Waals surface area contributed by atoms with Gasteiger partial charge < -0.3 is 4.90 Å². The Morgan fingerprint density at radius 2 is 1.56 bits per heavy atom. The van der Waals surface area contributed by atoms with Crippen LogP contribution in [0.25, 0.3) is 0 Å². The van der Waals surface area contributed by atoms with Gasteiger partial charge in [-0.1, -0.05) is 41.9 Å². The second-order valence-corrected chi connectivity index (χ2v) is 5.12. The van der Waals surface area contributed by atoms with Gasteiger partial charge in [0.15, 0.2) is 0 Å². The number of anilines is 1. The van der Waals surface area contributed by atoms with E-state index in [2.05, 4.69) is 55.1 Å². The Morgan fingerprint density at radius 1 is 0.944 bits per heavy atom. The summed E-state index contributed by atoms with van der Waals surface area (Å²) in [6, 6.07) is 19.0. The van der Waals surface area contributed by atoms with E-state index in [0.29, 0.717) is 6.04 Å². The smallest absolute Gasteiger partial charge is 0.0432 e. The molecule has 2 heteroatoms. The van der Waals surface area contributed by atoms with E-state index in [1.54, 1.807) is 0 Å². The molecule has 0 fully saturated rings. The first-order valence-corrected chi connectivity index (χ1v) is 6.61. The summed E-state index contributed by atoms with van der Waals surface area (Å²) in [5.41, 5.74) is 2.53. The summed E-state index contributed by atoms with van der Waals surface area (Å²) in [5, 5.41) is 0.780. The van der Waals surface area contributed by atoms with Crippen molar-refractivity contribution >= 4 is 17.3 Å². The summed E-state index contributed by atoms with van der Waals surface area (Å²) >= 11 is 5.94. The number of benzene rings is 2. The first-order valence-electron chi connectivity index (χ1n) is 6.23. The van der Waals surface area contributed by atoms with Crippen LogP contribution in [0.3, 0.4) is 0 Å². The maximum Gasteiger partial charge on any atom is 0.0432 e. The molecule has 0 N–H and O–H groups in total. The van der Waals surface area contributed by atoms with Gasteiger partial charge >= 0.3 is 0 Å². The van der Waals surface area contributed by atoms with Crippen LogP contribution in [0.4, 0.5) is 5.69 Å². The number of hydrogen-bond donors (Lipinski definition) is 0. The molecule has 0 saturated heterocycles. The molecule has 2 aromatic rings. The molecule has 0 bridgehead atoms. The van der Waals surface area contributed by atoms with Crippen LogP contribution in [0.5, 0.6) is 0 Å². The molecule has 2 aromatic carbocycles. The van der Waals surface area contributed by atoms with Crippen LogP contribution >= 0.6 is 11.6 Å². The lowest BCUT2D eigenvalue weighted by Crippen LogP contribution is -2.29. The van der Waals surface area contributed by atoms with Crippen LogP contribution in [0.1, 0.15) is 19.4 Å². The average molecular weight is 260 g/mol. The van der Waals surface area contributed by atoms with Crippen molar-refractivity contribution in [1.29, 1.82) is 0 Å². The highest BCUT2D eigenvalue weighted by molar-refractivity contribution is 6.30. The second-order valence-electron chi connectivity index (χ2n) is 4.68. The molecular formula is C16H18ClN. The highest BCUT2D eigenvalue weighted by atomic mass is 35.5. The zero-order chi connectivity index (χ0) is 13.0. The fraction of sp³-hybridized carbons (Fsp3) is 0.250. The summed E-state index contributed by atoms with van der Waals surface area (Å²) in [7, 11) is 0. The largest absolute Gasteiger partial charge is 0.365 e. The molecule has 0 aromatic heterocycles. The predicted octanol–water partition coefficient (Wildman–Crippen LogP) is 4.76. The third kappa shape index (κ3) is 3.27. The van der Waals surface area contributed by atoms with Gasteiger partial charge in [0.05, 0.1) is 0 Å². The molecule has 1 nitrogen and oxygen atoms in total. The van der Waals surface area contributed by atoms with Gasteiger partial charge in [0.1, 0.15) is 0 Å². The minimum absolute atomic E-state index is 0.450. The lowest BCUT2D eigenvalue weighted by Gasteiger charge is -2.29. The van der Waals surface area contributed by atoms with Crippen molar-refractivity contribution in [3.05, 3.63) is 65.2 Å². The van der Waals surface area contributed by atoms with Crippen molar-refractivity contribution in [1.82, 2.24) is 0 Å². The number of rotatable bonds is 4. The van der Waals surface area contributed by atoms with E-state index in [1.165, 1.54) is 11.3 Å². The molecular weight excluding hydrogens is 242 g/mol. The maximum atomic E-state index is 5.94. The first-order chi connectivity index (χ1) is 8.66. The average Bonchev–Trinajstić information content (AvgIpc) is 2.38. The van der Waals surface area contributed by atoms with Gasteiger partial charge in [-0.25, -0.2) is 0 Å². The Balaban J connectivity index is 2.21. The Labute approximate surface area is 114 Å². The van der Waals surface area contributed by atoms with Crippen molar-refractivity contribution in [3.8, 4) is 0 Å². The Hall–Kier alpha value is -1.47. The van der Waals surface area contributed by atoms with Crippen LogP contribution in [0.15, 0.2) is 54.6 Å². The molecule has 18 heavy (non-hydrogen) atoms. The lowest BCUT2D eigenvalue weighted by molar-refractivity contribution is 0.682. The molecule has 0 spiro atoms. The fourth-order valence-corrected chi connectivity index (χ4v) is 2.11. The van der Waals surface area contributed by atoms with Gasteiger partial charge in [0, 0.05) is 23.3 Å². The molecule has 0 heterocycles. The second kappa shape index (κ2) is 5.92. The summed E-state index contributed by atoms with van der Waals surface area (Å²) in [4.78, 5) is 2.37. The van der Waals surface area contributed by atoms with E-state index < -0.39 is 0 Å². The predicted molar refractivity (Wildman–Crippen MR) is 79.2 cm³/mol. The highest BCUT2D eigenvalue weighted by Gasteiger charge is 2.10. The molecule has 0 aliphatic carbocycles. The molecule has 0 aliphatic rings. The summed E-state index contributed by atoms with van der Waals surface area (Å²) in [5.74, 6) is 0. The SMILES string of the molecule is CC(C)N(Cc1ccccc1)c1ccc(Cl)cc1. The molecule has 0 unspecified atom stereocenters. The van der Waals surface area contributed by atoms with E-state index in [1.807, 2.05) is 18.2 Å². The zero-order valence-corrected chi connectivity index (χ0v) is 11.6. The lowest BCUT2D eigenvalue weighted by atomic mass is 10.1. The molecule has 2 rings (SSSR count). The molecule has 94 valence electrons. The normalized spacial score (nSPS) is 10.7. The minimum Gasteiger partial charge on any atom is -0.365 e. The van der Waals surface area contributed by atoms with E-state index in [0.717, 1.165) is 11.6 Å². The molecule has 0 saturated carbocycles. The van der Waals surface area contributed by atoms with Crippen molar-refractivity contribution < 1.29 is 0 Å². The third-order valence-electron chi connectivity index (χ3n) is 2.98. The van der Waals surface area contributed by atoms with Gasteiger partial charge in [-0.15, -0.1) is 0 Å². The van der Waals surface area contributed by atoms with E-state index in [4.69, 9.17) is 11.6 Å². The molecule has 0 atom stereocenters. The first kappa shape index (κ1) is 13.0. The van der Waals surface area contributed by atoms with Crippen LogP contribution in [-0.2, 0) is 6.54 Å². The summed E-state index contributed by atoms with van der Waals surface area (Å²) in [6.45, 7) is 5.33. The summed E-state index contributed by atoms with van der Waals surface area (Å²) < 4.78 is 0. The van der Waals surface area contributed by atoms with Gasteiger partial charge in [-0.3, -0.25) is 0 Å². The van der Waals surface area contributed by atoms with E-state index in [-0.39, 0.29) is 0 Å². The topological polar surface area (TPSA) is 3.24 Å². The monoisotopic (exact) mass is 259 g/mol. The van der Waals surface area contributed by atoms with Crippen LogP contribution < -0.4 is 4.90 Å².